The largest absolute Gasteiger partial charge is 0.328 e. The second-order valence-corrected chi connectivity index (χ2v) is 6.67. The highest BCUT2D eigenvalue weighted by atomic mass is 35.5. The van der Waals surface area contributed by atoms with Crippen LogP contribution in [0.3, 0.4) is 0 Å². The molecule has 0 heterocycles. The summed E-state index contributed by atoms with van der Waals surface area (Å²) < 4.78 is 27.3. The Morgan fingerprint density at radius 2 is 1.62 bits per heavy atom. The second-order valence-electron chi connectivity index (χ2n) is 4.55. The summed E-state index contributed by atoms with van der Waals surface area (Å²) in [6.45, 7) is 1.91. The molecule has 2 aromatic rings. The maximum Gasteiger partial charge on any atom is 0.328 e. The highest BCUT2D eigenvalue weighted by molar-refractivity contribution is 7.90. The van der Waals surface area contributed by atoms with Crippen LogP contribution >= 0.6 is 11.6 Å². The van der Waals surface area contributed by atoms with E-state index in [1.165, 1.54) is 0 Å². The molecule has 0 unspecified atom stereocenters. The highest BCUT2D eigenvalue weighted by Crippen LogP contribution is 2.12. The van der Waals surface area contributed by atoms with E-state index in [4.69, 9.17) is 11.6 Å². The van der Waals surface area contributed by atoms with Crippen molar-refractivity contribution in [3.63, 3.8) is 0 Å². The smallest absolute Gasteiger partial charge is 0.276 e. The van der Waals surface area contributed by atoms with Crippen LogP contribution in [0.1, 0.15) is 11.1 Å². The first-order valence-electron chi connectivity index (χ1n) is 6.32. The van der Waals surface area contributed by atoms with Gasteiger partial charge in [0.05, 0.1) is 12.6 Å². The van der Waals surface area contributed by atoms with E-state index in [0.717, 1.165) is 5.56 Å². The van der Waals surface area contributed by atoms with Crippen molar-refractivity contribution >= 4 is 27.5 Å². The quantitative estimate of drug-likeness (QED) is 0.656. The molecular weight excluding hydrogens is 308 g/mol. The molecule has 0 saturated heterocycles. The topological polar surface area (TPSA) is 60.1 Å². The van der Waals surface area contributed by atoms with E-state index in [2.05, 4.69) is 9.71 Å². The Morgan fingerprint density at radius 1 is 1.05 bits per heavy atom. The molecule has 2 N–H and O–H groups in total. The van der Waals surface area contributed by atoms with Gasteiger partial charge in [-0.3, -0.25) is 4.99 Å². The Morgan fingerprint density at radius 3 is 2.14 bits per heavy atom. The monoisotopic (exact) mass is 323 g/mol. The molecule has 0 aliphatic carbocycles. The van der Waals surface area contributed by atoms with Crippen molar-refractivity contribution < 1.29 is 13.4 Å². The minimum absolute atomic E-state index is 0.217. The number of hydrogen-bond acceptors (Lipinski definition) is 2. The van der Waals surface area contributed by atoms with Gasteiger partial charge in [0.25, 0.3) is 5.84 Å². The fourth-order valence-corrected chi connectivity index (χ4v) is 3.01. The molecular formula is C15H16ClN2O2S+. The summed E-state index contributed by atoms with van der Waals surface area (Å²) in [6.07, 6.45) is 0. The van der Waals surface area contributed by atoms with Gasteiger partial charge in [-0.15, -0.1) is 0 Å². The minimum atomic E-state index is -3.63. The molecule has 2 aromatic carbocycles. The van der Waals surface area contributed by atoms with Crippen LogP contribution in [-0.4, -0.2) is 21.3 Å². The van der Waals surface area contributed by atoms with Crippen molar-refractivity contribution in [2.75, 3.05) is 7.05 Å². The number of sulfonamides is 1. The molecule has 4 nitrogen and oxygen atoms in total. The van der Waals surface area contributed by atoms with Crippen LogP contribution in [0, 0.1) is 6.92 Å². The van der Waals surface area contributed by atoms with Crippen LogP contribution in [-0.2, 0) is 10.0 Å². The van der Waals surface area contributed by atoms with Gasteiger partial charge in [-0.25, -0.2) is 0 Å². The van der Waals surface area contributed by atoms with Crippen LogP contribution in [0.2, 0.25) is 5.02 Å². The van der Waals surface area contributed by atoms with E-state index in [1.807, 2.05) is 6.92 Å². The number of rotatable bonds is 3. The SMILES string of the molecule is C[NH+]=C(NS(=O)(=O)c1ccc(C)cc1)c1ccc(Cl)cc1. The fraction of sp³-hybridized carbons (Fsp3) is 0.133. The molecule has 21 heavy (non-hydrogen) atoms. The van der Waals surface area contributed by atoms with Gasteiger partial charge in [0.1, 0.15) is 4.90 Å². The number of hydrogen-bond donors (Lipinski definition) is 2. The zero-order chi connectivity index (χ0) is 15.5. The zero-order valence-electron chi connectivity index (χ0n) is 11.7. The first kappa shape index (κ1) is 15.5. The van der Waals surface area contributed by atoms with Crippen LogP contribution in [0.15, 0.2) is 53.4 Å². The molecule has 0 radical (unpaired) electrons. The molecule has 0 atom stereocenters. The lowest BCUT2D eigenvalue weighted by molar-refractivity contribution is -0.420. The van der Waals surface area contributed by atoms with E-state index in [9.17, 15) is 8.42 Å². The Hall–Kier alpha value is -1.85. The summed E-state index contributed by atoms with van der Waals surface area (Å²) in [5.41, 5.74) is 1.71. The first-order valence-corrected chi connectivity index (χ1v) is 8.18. The number of nitrogens with one attached hydrogen (secondary N) is 2. The molecule has 0 spiro atoms. The average molecular weight is 324 g/mol. The van der Waals surface area contributed by atoms with Gasteiger partial charge in [-0.2, -0.15) is 13.1 Å². The molecule has 0 amide bonds. The van der Waals surface area contributed by atoms with E-state index in [0.29, 0.717) is 16.4 Å². The van der Waals surface area contributed by atoms with E-state index in [-0.39, 0.29) is 4.90 Å². The maximum atomic E-state index is 12.4. The number of benzene rings is 2. The zero-order valence-corrected chi connectivity index (χ0v) is 13.3. The normalized spacial score (nSPS) is 12.2. The second kappa shape index (κ2) is 6.28. The van der Waals surface area contributed by atoms with Gasteiger partial charge >= 0.3 is 10.0 Å². The van der Waals surface area contributed by atoms with E-state index >= 15 is 0 Å². The molecule has 0 aromatic heterocycles. The standard InChI is InChI=1S/C15H15ClN2O2S/c1-11-3-9-14(10-4-11)21(19,20)18-15(17-2)12-5-7-13(16)8-6-12/h3-10H,1-2H3,(H,17,18)/p+1. The Labute approximate surface area is 129 Å². The molecule has 0 bridgehead atoms. The predicted molar refractivity (Wildman–Crippen MR) is 83.9 cm³/mol. The molecule has 110 valence electrons. The van der Waals surface area contributed by atoms with Crippen molar-refractivity contribution in [1.29, 1.82) is 0 Å². The molecule has 0 saturated carbocycles. The summed E-state index contributed by atoms with van der Waals surface area (Å²) in [5, 5.41) is 0.593. The highest BCUT2D eigenvalue weighted by Gasteiger charge is 2.22. The summed E-state index contributed by atoms with van der Waals surface area (Å²) in [5.74, 6) is 0.396. The van der Waals surface area contributed by atoms with Crippen molar-refractivity contribution in [3.8, 4) is 0 Å². The lowest BCUT2D eigenvalue weighted by Gasteiger charge is -2.05. The molecule has 0 aliphatic rings. The minimum Gasteiger partial charge on any atom is -0.276 e. The van der Waals surface area contributed by atoms with Crippen molar-refractivity contribution in [2.45, 2.75) is 11.8 Å². The van der Waals surface area contributed by atoms with E-state index in [1.54, 1.807) is 55.6 Å². The fourth-order valence-electron chi connectivity index (χ4n) is 1.78. The average Bonchev–Trinajstić information content (AvgIpc) is 2.46. The third-order valence-electron chi connectivity index (χ3n) is 2.95. The Balaban J connectivity index is 2.29. The van der Waals surface area contributed by atoms with Gasteiger partial charge in [0, 0.05) is 5.02 Å². The van der Waals surface area contributed by atoms with E-state index < -0.39 is 10.0 Å². The first-order chi connectivity index (χ1) is 9.92. The van der Waals surface area contributed by atoms with Crippen LogP contribution < -0.4 is 9.71 Å². The van der Waals surface area contributed by atoms with Gasteiger partial charge in [-0.05, 0) is 43.3 Å². The summed E-state index contributed by atoms with van der Waals surface area (Å²) >= 11 is 5.84. The van der Waals surface area contributed by atoms with Crippen molar-refractivity contribution in [1.82, 2.24) is 4.72 Å². The van der Waals surface area contributed by atoms with Crippen LogP contribution in [0.25, 0.3) is 0 Å². The molecule has 0 aliphatic heterocycles. The van der Waals surface area contributed by atoms with Gasteiger partial charge in [0.15, 0.2) is 0 Å². The maximum absolute atomic E-state index is 12.4. The molecule has 0 fully saturated rings. The lowest BCUT2D eigenvalue weighted by Crippen LogP contribution is -2.72. The van der Waals surface area contributed by atoms with Gasteiger partial charge in [-0.1, -0.05) is 29.3 Å². The third kappa shape index (κ3) is 3.83. The summed E-state index contributed by atoms with van der Waals surface area (Å²) in [4.78, 5) is 3.08. The summed E-state index contributed by atoms with van der Waals surface area (Å²) in [7, 11) is -1.97. The predicted octanol–water partition coefficient (Wildman–Crippen LogP) is 1.08. The number of amidine groups is 1. The Kier molecular flexibility index (Phi) is 4.65. The number of aryl methyl sites for hydroxylation is 1. The van der Waals surface area contributed by atoms with Crippen LogP contribution in [0.5, 0.6) is 0 Å². The molecule has 6 heteroatoms. The molecule has 2 rings (SSSR count). The third-order valence-corrected chi connectivity index (χ3v) is 4.57. The van der Waals surface area contributed by atoms with Crippen molar-refractivity contribution in [2.24, 2.45) is 0 Å². The van der Waals surface area contributed by atoms with Crippen LogP contribution in [0.4, 0.5) is 0 Å². The van der Waals surface area contributed by atoms with Gasteiger partial charge in [0.2, 0.25) is 0 Å². The number of halogens is 1. The Bertz CT molecular complexity index is 751. The lowest BCUT2D eigenvalue weighted by atomic mass is 10.2. The summed E-state index contributed by atoms with van der Waals surface area (Å²) in [6, 6.07) is 13.6. The van der Waals surface area contributed by atoms with Gasteiger partial charge < -0.3 is 0 Å². The van der Waals surface area contributed by atoms with Crippen molar-refractivity contribution in [3.05, 3.63) is 64.7 Å².